The minimum Gasteiger partial charge on any atom is -0.494 e. The van der Waals surface area contributed by atoms with Crippen LogP contribution in [0.25, 0.3) is 11.4 Å². The largest absolute Gasteiger partial charge is 0.494 e. The van der Waals surface area contributed by atoms with E-state index in [2.05, 4.69) is 10.1 Å². The summed E-state index contributed by atoms with van der Waals surface area (Å²) in [7, 11) is 1.82. The van der Waals surface area contributed by atoms with Crippen molar-refractivity contribution in [2.75, 3.05) is 13.7 Å². The number of hydrogen-bond donors (Lipinski definition) is 0. The van der Waals surface area contributed by atoms with E-state index in [0.717, 1.165) is 16.9 Å². The Morgan fingerprint density at radius 2 is 1.86 bits per heavy atom. The lowest BCUT2D eigenvalue weighted by Crippen LogP contribution is -2.29. The van der Waals surface area contributed by atoms with Gasteiger partial charge in [-0.05, 0) is 43.7 Å². The molecule has 0 aliphatic carbocycles. The van der Waals surface area contributed by atoms with E-state index in [1.165, 1.54) is 0 Å². The molecule has 146 valence electrons. The first kappa shape index (κ1) is 19.6. The third kappa shape index (κ3) is 4.76. The van der Waals surface area contributed by atoms with Gasteiger partial charge in [-0.2, -0.15) is 4.98 Å². The molecule has 28 heavy (non-hydrogen) atoms. The molecule has 0 spiro atoms. The van der Waals surface area contributed by atoms with E-state index < -0.39 is 0 Å². The fourth-order valence-electron chi connectivity index (χ4n) is 2.90. The Balaban J connectivity index is 1.57. The third-order valence-electron chi connectivity index (χ3n) is 4.70. The second-order valence-electron chi connectivity index (χ2n) is 6.56. The molecule has 0 N–H and O–H groups in total. The zero-order valence-corrected chi connectivity index (χ0v) is 16.5. The average Bonchev–Trinajstić information content (AvgIpc) is 3.21. The second kappa shape index (κ2) is 9.17. The van der Waals surface area contributed by atoms with Gasteiger partial charge in [0.05, 0.1) is 12.6 Å². The summed E-state index contributed by atoms with van der Waals surface area (Å²) in [4.78, 5) is 18.7. The zero-order chi connectivity index (χ0) is 19.9. The van der Waals surface area contributed by atoms with Crippen molar-refractivity contribution in [3.8, 4) is 17.1 Å². The van der Waals surface area contributed by atoms with Crippen LogP contribution in [0.3, 0.4) is 0 Å². The summed E-state index contributed by atoms with van der Waals surface area (Å²) in [5.41, 5.74) is 1.95. The van der Waals surface area contributed by atoms with E-state index in [4.69, 9.17) is 9.26 Å². The van der Waals surface area contributed by atoms with Gasteiger partial charge in [-0.3, -0.25) is 4.79 Å². The molecule has 1 heterocycles. The lowest BCUT2D eigenvalue weighted by molar-refractivity contribution is -0.131. The van der Waals surface area contributed by atoms with Crippen molar-refractivity contribution in [1.82, 2.24) is 15.0 Å². The number of rotatable bonds is 8. The van der Waals surface area contributed by atoms with Crippen molar-refractivity contribution >= 4 is 5.91 Å². The first-order chi connectivity index (χ1) is 13.6. The van der Waals surface area contributed by atoms with E-state index in [1.807, 2.05) is 75.5 Å². The van der Waals surface area contributed by atoms with Crippen LogP contribution in [0.4, 0.5) is 0 Å². The number of carbonyl (C=O) groups excluding carboxylic acids is 1. The quantitative estimate of drug-likeness (QED) is 0.584. The number of hydrogen-bond acceptors (Lipinski definition) is 5. The highest BCUT2D eigenvalue weighted by Gasteiger charge is 2.18. The molecule has 3 rings (SSSR count). The summed E-state index contributed by atoms with van der Waals surface area (Å²) in [6, 6.07) is 17.5. The predicted octanol–water partition coefficient (Wildman–Crippen LogP) is 4.29. The first-order valence-corrected chi connectivity index (χ1v) is 9.45. The fourth-order valence-corrected chi connectivity index (χ4v) is 2.90. The lowest BCUT2D eigenvalue weighted by atomic mass is 10.1. The van der Waals surface area contributed by atoms with Crippen LogP contribution in [0, 0.1) is 0 Å². The second-order valence-corrected chi connectivity index (χ2v) is 6.56. The van der Waals surface area contributed by atoms with Crippen molar-refractivity contribution in [2.45, 2.75) is 32.7 Å². The maximum atomic E-state index is 12.5. The standard InChI is InChI=1S/C22H25N3O3/c1-4-27-19-12-10-18(11-13-19)22-23-20(28-24-22)14-15-21(26)25(3)16(2)17-8-6-5-7-9-17/h5-13,16H,4,14-15H2,1-3H3. The predicted molar refractivity (Wildman–Crippen MR) is 107 cm³/mol. The van der Waals surface area contributed by atoms with Crippen molar-refractivity contribution in [3.63, 3.8) is 0 Å². The highest BCUT2D eigenvalue weighted by atomic mass is 16.5. The van der Waals surface area contributed by atoms with Gasteiger partial charge in [0.1, 0.15) is 5.75 Å². The number of aromatic nitrogens is 2. The van der Waals surface area contributed by atoms with Crippen molar-refractivity contribution in [1.29, 1.82) is 0 Å². The van der Waals surface area contributed by atoms with Gasteiger partial charge in [0.2, 0.25) is 17.6 Å². The van der Waals surface area contributed by atoms with Crippen LogP contribution in [0.2, 0.25) is 0 Å². The summed E-state index contributed by atoms with van der Waals surface area (Å²) >= 11 is 0. The summed E-state index contributed by atoms with van der Waals surface area (Å²) in [6.07, 6.45) is 0.729. The molecule has 1 aromatic heterocycles. The molecule has 0 saturated heterocycles. The van der Waals surface area contributed by atoms with Gasteiger partial charge in [0.25, 0.3) is 0 Å². The van der Waals surface area contributed by atoms with E-state index >= 15 is 0 Å². The molecule has 1 atom stereocenters. The van der Waals surface area contributed by atoms with Crippen LogP contribution in [-0.4, -0.2) is 34.6 Å². The van der Waals surface area contributed by atoms with Crippen molar-refractivity contribution < 1.29 is 14.1 Å². The minimum atomic E-state index is 0.0100. The molecule has 6 nitrogen and oxygen atoms in total. The molecule has 3 aromatic rings. The number of carbonyl (C=O) groups is 1. The number of ether oxygens (including phenoxy) is 1. The van der Waals surface area contributed by atoms with E-state index in [-0.39, 0.29) is 11.9 Å². The van der Waals surface area contributed by atoms with Crippen LogP contribution in [0.1, 0.15) is 37.8 Å². The summed E-state index contributed by atoms with van der Waals surface area (Å²) in [5.74, 6) is 1.81. The van der Waals surface area contributed by atoms with Gasteiger partial charge in [-0.15, -0.1) is 0 Å². The average molecular weight is 379 g/mol. The molecule has 0 aliphatic rings. The maximum absolute atomic E-state index is 12.5. The van der Waals surface area contributed by atoms with Crippen LogP contribution in [0.5, 0.6) is 5.75 Å². The zero-order valence-electron chi connectivity index (χ0n) is 16.5. The first-order valence-electron chi connectivity index (χ1n) is 9.45. The Hall–Kier alpha value is -3.15. The molecule has 6 heteroatoms. The van der Waals surface area contributed by atoms with Crippen LogP contribution >= 0.6 is 0 Å². The summed E-state index contributed by atoms with van der Waals surface area (Å²) in [5, 5.41) is 4.02. The van der Waals surface area contributed by atoms with Gasteiger partial charge < -0.3 is 14.2 Å². The Morgan fingerprint density at radius 1 is 1.14 bits per heavy atom. The molecular weight excluding hydrogens is 354 g/mol. The number of benzene rings is 2. The van der Waals surface area contributed by atoms with E-state index in [0.29, 0.717) is 31.2 Å². The molecule has 0 fully saturated rings. The van der Waals surface area contributed by atoms with E-state index in [9.17, 15) is 4.79 Å². The van der Waals surface area contributed by atoms with Gasteiger partial charge in [0.15, 0.2) is 0 Å². The van der Waals surface area contributed by atoms with Crippen LogP contribution < -0.4 is 4.74 Å². The molecule has 1 amide bonds. The van der Waals surface area contributed by atoms with Gasteiger partial charge in [-0.1, -0.05) is 35.5 Å². The van der Waals surface area contributed by atoms with Gasteiger partial charge >= 0.3 is 0 Å². The monoisotopic (exact) mass is 379 g/mol. The van der Waals surface area contributed by atoms with Crippen LogP contribution in [-0.2, 0) is 11.2 Å². The van der Waals surface area contributed by atoms with Gasteiger partial charge in [0, 0.05) is 25.5 Å². The lowest BCUT2D eigenvalue weighted by Gasteiger charge is -2.25. The molecule has 0 saturated carbocycles. The molecule has 1 unspecified atom stereocenters. The Kier molecular flexibility index (Phi) is 6.42. The molecule has 2 aromatic carbocycles. The molecular formula is C22H25N3O3. The maximum Gasteiger partial charge on any atom is 0.227 e. The minimum absolute atomic E-state index is 0.0100. The third-order valence-corrected chi connectivity index (χ3v) is 4.70. The van der Waals surface area contributed by atoms with E-state index in [1.54, 1.807) is 4.90 Å². The number of aryl methyl sites for hydroxylation is 1. The Bertz CT molecular complexity index is 891. The smallest absolute Gasteiger partial charge is 0.227 e. The Labute approximate surface area is 165 Å². The molecule has 0 radical (unpaired) electrons. The number of nitrogens with zero attached hydrogens (tertiary/aromatic N) is 3. The molecule has 0 bridgehead atoms. The fraction of sp³-hybridized carbons (Fsp3) is 0.318. The summed E-state index contributed by atoms with van der Waals surface area (Å²) in [6.45, 7) is 4.58. The SMILES string of the molecule is CCOc1ccc(-c2noc(CCC(=O)N(C)C(C)c3ccccc3)n2)cc1. The van der Waals surface area contributed by atoms with Crippen LogP contribution in [0.15, 0.2) is 59.1 Å². The topological polar surface area (TPSA) is 68.5 Å². The van der Waals surface area contributed by atoms with Crippen molar-refractivity contribution in [3.05, 3.63) is 66.1 Å². The van der Waals surface area contributed by atoms with Gasteiger partial charge in [-0.25, -0.2) is 0 Å². The molecule has 0 aliphatic heterocycles. The highest BCUT2D eigenvalue weighted by Crippen LogP contribution is 2.21. The highest BCUT2D eigenvalue weighted by molar-refractivity contribution is 5.76. The normalized spacial score (nSPS) is 11.8. The number of amides is 1. The van der Waals surface area contributed by atoms with Crippen molar-refractivity contribution in [2.24, 2.45) is 0 Å². The summed E-state index contributed by atoms with van der Waals surface area (Å²) < 4.78 is 10.7. The Morgan fingerprint density at radius 3 is 2.54 bits per heavy atom.